The van der Waals surface area contributed by atoms with Gasteiger partial charge < -0.3 is 4.74 Å². The van der Waals surface area contributed by atoms with Crippen molar-refractivity contribution >= 4 is 60.0 Å². The fraction of sp³-hybridized carbons (Fsp3) is 0.0476. The van der Waals surface area contributed by atoms with Gasteiger partial charge in [0.05, 0.1) is 27.7 Å². The monoisotopic (exact) mass is 454 g/mol. The number of hydrogen-bond donors (Lipinski definition) is 0. The van der Waals surface area contributed by atoms with Gasteiger partial charge in [-0.1, -0.05) is 41.9 Å². The number of benzene rings is 2. The molecule has 0 unspecified atom stereocenters. The highest BCUT2D eigenvalue weighted by atomic mass is 79.9. The zero-order chi connectivity index (χ0) is 18.5. The summed E-state index contributed by atoms with van der Waals surface area (Å²) in [7, 11) is 1.68. The molecule has 6 heteroatoms. The maximum absolute atomic E-state index is 6.11. The Morgan fingerprint density at radius 3 is 2.59 bits per heavy atom. The van der Waals surface area contributed by atoms with E-state index in [1.54, 1.807) is 24.5 Å². The molecule has 132 valence electrons. The lowest BCUT2D eigenvalue weighted by atomic mass is 10.0. The number of aromatic nitrogens is 2. The number of fused-ring (bicyclic) bond motifs is 4. The standard InChI is InChI=1S/C21H12BrClN2OS/c1-26-16-10-12-13(9-14(16)22)19-20(18(12)11-5-3-2-4-6-11)27-21-15(24-19)7-8-17(23)25-21/h2-10H,1H3. The summed E-state index contributed by atoms with van der Waals surface area (Å²) in [6.45, 7) is 0. The van der Waals surface area contributed by atoms with Gasteiger partial charge in [0.15, 0.2) is 0 Å². The molecule has 0 saturated carbocycles. The van der Waals surface area contributed by atoms with E-state index in [4.69, 9.17) is 21.3 Å². The number of ether oxygens (including phenoxy) is 1. The molecule has 27 heavy (non-hydrogen) atoms. The van der Waals surface area contributed by atoms with Crippen LogP contribution in [0.1, 0.15) is 0 Å². The first-order valence-corrected chi connectivity index (χ1v) is 10.3. The number of halogens is 2. The van der Waals surface area contributed by atoms with Crippen molar-refractivity contribution in [2.24, 2.45) is 0 Å². The van der Waals surface area contributed by atoms with E-state index >= 15 is 0 Å². The Morgan fingerprint density at radius 1 is 1.00 bits per heavy atom. The summed E-state index contributed by atoms with van der Waals surface area (Å²) in [6, 6.07) is 18.2. The summed E-state index contributed by atoms with van der Waals surface area (Å²) < 4.78 is 6.45. The summed E-state index contributed by atoms with van der Waals surface area (Å²) in [5.74, 6) is 0.797. The first-order valence-electron chi connectivity index (χ1n) is 8.27. The van der Waals surface area contributed by atoms with Crippen LogP contribution < -0.4 is 4.74 Å². The molecule has 2 aliphatic rings. The van der Waals surface area contributed by atoms with E-state index in [0.717, 1.165) is 53.0 Å². The molecule has 3 nitrogen and oxygen atoms in total. The Hall–Kier alpha value is -2.21. The van der Waals surface area contributed by atoms with E-state index in [1.165, 1.54) is 0 Å². The van der Waals surface area contributed by atoms with Crippen molar-refractivity contribution < 1.29 is 4.74 Å². The SMILES string of the molecule is COc1cc2c(-c3ccccc3)c3sc4nc(Cl)ccc4nc-3c2cc1Br. The zero-order valence-corrected chi connectivity index (χ0v) is 17.3. The normalized spacial score (nSPS) is 11.5. The molecule has 1 aliphatic heterocycles. The molecule has 0 N–H and O–H groups in total. The lowest BCUT2D eigenvalue weighted by Gasteiger charge is -2.06. The topological polar surface area (TPSA) is 35.0 Å². The van der Waals surface area contributed by atoms with Crippen LogP contribution in [0.4, 0.5) is 0 Å². The zero-order valence-electron chi connectivity index (χ0n) is 14.2. The van der Waals surface area contributed by atoms with Gasteiger partial charge in [0.1, 0.15) is 15.7 Å². The largest absolute Gasteiger partial charge is 0.496 e. The summed E-state index contributed by atoms with van der Waals surface area (Å²) in [5, 5.41) is 2.67. The number of pyridine rings is 1. The molecule has 2 aromatic carbocycles. The van der Waals surface area contributed by atoms with E-state index in [9.17, 15) is 0 Å². The van der Waals surface area contributed by atoms with Crippen LogP contribution in [0.25, 0.3) is 42.8 Å². The van der Waals surface area contributed by atoms with Crippen LogP contribution in [0.3, 0.4) is 0 Å². The van der Waals surface area contributed by atoms with Crippen molar-refractivity contribution in [1.82, 2.24) is 9.97 Å². The third-order valence-electron chi connectivity index (χ3n) is 4.56. The second-order valence-corrected chi connectivity index (χ2v) is 8.36. The Bertz CT molecular complexity index is 1290. The lowest BCUT2D eigenvalue weighted by Crippen LogP contribution is -1.86. The first-order chi connectivity index (χ1) is 13.2. The molecule has 2 heterocycles. The average molecular weight is 456 g/mol. The predicted molar refractivity (Wildman–Crippen MR) is 116 cm³/mol. The Kier molecular flexibility index (Phi) is 4.04. The molecule has 0 bridgehead atoms. The maximum Gasteiger partial charge on any atom is 0.144 e. The summed E-state index contributed by atoms with van der Waals surface area (Å²) >= 11 is 11.3. The molecule has 3 aromatic rings. The van der Waals surface area contributed by atoms with Crippen molar-refractivity contribution in [1.29, 1.82) is 0 Å². The Balaban J connectivity index is 1.99. The van der Waals surface area contributed by atoms with Gasteiger partial charge in [-0.25, -0.2) is 9.97 Å². The minimum Gasteiger partial charge on any atom is -0.496 e. The highest BCUT2D eigenvalue weighted by molar-refractivity contribution is 9.10. The van der Waals surface area contributed by atoms with Gasteiger partial charge in [0.2, 0.25) is 0 Å². The first kappa shape index (κ1) is 16.9. The van der Waals surface area contributed by atoms with E-state index in [-0.39, 0.29) is 0 Å². The van der Waals surface area contributed by atoms with Gasteiger partial charge in [-0.2, -0.15) is 0 Å². The quantitative estimate of drug-likeness (QED) is 0.268. The molecule has 0 fully saturated rings. The van der Waals surface area contributed by atoms with E-state index < -0.39 is 0 Å². The molecule has 5 rings (SSSR count). The second kappa shape index (κ2) is 6.44. The highest BCUT2D eigenvalue weighted by Gasteiger charge is 2.24. The van der Waals surface area contributed by atoms with Gasteiger partial charge in [0.25, 0.3) is 0 Å². The number of methoxy groups -OCH3 is 1. The second-order valence-electron chi connectivity index (χ2n) is 6.12. The molecule has 0 spiro atoms. The number of hydrogen-bond acceptors (Lipinski definition) is 4. The van der Waals surface area contributed by atoms with Crippen molar-refractivity contribution in [3.8, 4) is 27.4 Å². The molecule has 1 aliphatic carbocycles. The molecule has 1 aromatic heterocycles. The van der Waals surface area contributed by atoms with Gasteiger partial charge >= 0.3 is 0 Å². The van der Waals surface area contributed by atoms with Crippen molar-refractivity contribution in [3.63, 3.8) is 0 Å². The maximum atomic E-state index is 6.11. The van der Waals surface area contributed by atoms with Crippen molar-refractivity contribution in [3.05, 3.63) is 64.2 Å². The van der Waals surface area contributed by atoms with Crippen LogP contribution in [0.5, 0.6) is 5.75 Å². The van der Waals surface area contributed by atoms with E-state index in [1.807, 2.05) is 24.3 Å². The van der Waals surface area contributed by atoms with Crippen LogP contribution in [0.2, 0.25) is 5.15 Å². The smallest absolute Gasteiger partial charge is 0.144 e. The van der Waals surface area contributed by atoms with Crippen LogP contribution in [0, 0.1) is 0 Å². The molecule has 0 radical (unpaired) electrons. The summed E-state index contributed by atoms with van der Waals surface area (Å²) in [5.41, 5.74) is 4.10. The number of rotatable bonds is 2. The van der Waals surface area contributed by atoms with Crippen LogP contribution in [-0.4, -0.2) is 17.1 Å². The third kappa shape index (κ3) is 2.69. The third-order valence-corrected chi connectivity index (χ3v) is 6.48. The van der Waals surface area contributed by atoms with Gasteiger partial charge in [-0.3, -0.25) is 0 Å². The van der Waals surface area contributed by atoms with E-state index in [2.05, 4.69) is 45.2 Å². The molecule has 0 saturated heterocycles. The molecule has 0 atom stereocenters. The van der Waals surface area contributed by atoms with E-state index in [0.29, 0.717) is 5.15 Å². The summed E-state index contributed by atoms with van der Waals surface area (Å²) in [4.78, 5) is 11.3. The minimum absolute atomic E-state index is 0.474. The predicted octanol–water partition coefficient (Wildman–Crippen LogP) is 7.04. The van der Waals surface area contributed by atoms with Crippen molar-refractivity contribution in [2.45, 2.75) is 0 Å². The molecular weight excluding hydrogens is 444 g/mol. The highest BCUT2D eigenvalue weighted by Crippen LogP contribution is 2.49. The number of nitrogens with zero attached hydrogens (tertiary/aromatic N) is 2. The molecule has 0 amide bonds. The minimum atomic E-state index is 0.474. The van der Waals surface area contributed by atoms with Gasteiger partial charge in [0, 0.05) is 10.9 Å². The summed E-state index contributed by atoms with van der Waals surface area (Å²) in [6.07, 6.45) is 0. The van der Waals surface area contributed by atoms with Crippen LogP contribution in [-0.2, 0) is 0 Å². The fourth-order valence-electron chi connectivity index (χ4n) is 3.37. The molecular formula is C21H12BrClN2OS. The Labute approximate surface area is 173 Å². The average Bonchev–Trinajstić information content (AvgIpc) is 2.98. The van der Waals surface area contributed by atoms with Gasteiger partial charge in [-0.05, 0) is 51.1 Å². The lowest BCUT2D eigenvalue weighted by molar-refractivity contribution is 0.413. The Morgan fingerprint density at radius 2 is 1.81 bits per heavy atom. The fourth-order valence-corrected chi connectivity index (χ4v) is 5.21. The van der Waals surface area contributed by atoms with Gasteiger partial charge in [-0.15, -0.1) is 11.3 Å². The van der Waals surface area contributed by atoms with Crippen molar-refractivity contribution in [2.75, 3.05) is 7.11 Å². The van der Waals surface area contributed by atoms with Crippen LogP contribution in [0.15, 0.2) is 59.1 Å². The van der Waals surface area contributed by atoms with Crippen LogP contribution >= 0.6 is 38.9 Å².